The van der Waals surface area contributed by atoms with Crippen molar-refractivity contribution in [1.29, 1.82) is 0 Å². The lowest BCUT2D eigenvalue weighted by Crippen LogP contribution is -2.45. The molecule has 0 spiro atoms. The fraction of sp³-hybridized carbons (Fsp3) is 0.500. The lowest BCUT2D eigenvalue weighted by molar-refractivity contribution is 0.0525. The van der Waals surface area contributed by atoms with Crippen molar-refractivity contribution in [3.8, 4) is 0 Å². The third kappa shape index (κ3) is 3.19. The van der Waals surface area contributed by atoms with Crippen molar-refractivity contribution in [1.82, 2.24) is 4.90 Å². The molecule has 0 atom stereocenters. The van der Waals surface area contributed by atoms with E-state index in [1.807, 2.05) is 0 Å². The van der Waals surface area contributed by atoms with E-state index in [4.69, 9.17) is 5.11 Å². The van der Waals surface area contributed by atoms with E-state index in [9.17, 15) is 13.2 Å². The van der Waals surface area contributed by atoms with Crippen LogP contribution >= 0.6 is 0 Å². The zero-order valence-corrected chi connectivity index (χ0v) is 12.3. The fourth-order valence-corrected chi connectivity index (χ4v) is 2.90. The van der Waals surface area contributed by atoms with Gasteiger partial charge in [0.05, 0.1) is 11.5 Å². The van der Waals surface area contributed by atoms with Gasteiger partial charge in [-0.2, -0.15) is 0 Å². The first-order valence-electron chi connectivity index (χ1n) is 6.65. The smallest absolute Gasteiger partial charge is 0.254 e. The molecular formula is C14H19NO4S. The maximum Gasteiger partial charge on any atom is 0.254 e. The SMILES string of the molecule is CS(=O)(=O)c1ccc(C(=O)N(CCO)C2CCC2)cc1. The Kier molecular flexibility index (Phi) is 4.45. The van der Waals surface area contributed by atoms with Crippen LogP contribution in [0.1, 0.15) is 29.6 Å². The number of carbonyl (C=O) groups is 1. The molecule has 2 rings (SSSR count). The van der Waals surface area contributed by atoms with Crippen LogP contribution in [0.3, 0.4) is 0 Å². The molecule has 110 valence electrons. The normalized spacial score (nSPS) is 15.7. The van der Waals surface area contributed by atoms with Crippen LogP contribution in [0.2, 0.25) is 0 Å². The molecule has 0 radical (unpaired) electrons. The van der Waals surface area contributed by atoms with Crippen molar-refractivity contribution in [2.75, 3.05) is 19.4 Å². The van der Waals surface area contributed by atoms with Crippen molar-refractivity contribution in [2.45, 2.75) is 30.2 Å². The molecule has 1 saturated carbocycles. The van der Waals surface area contributed by atoms with Crippen molar-refractivity contribution < 1.29 is 18.3 Å². The second-order valence-electron chi connectivity index (χ2n) is 5.10. The van der Waals surface area contributed by atoms with E-state index in [0.29, 0.717) is 12.1 Å². The minimum Gasteiger partial charge on any atom is -0.395 e. The molecule has 1 aliphatic carbocycles. The molecule has 0 heterocycles. The molecule has 0 aliphatic heterocycles. The molecule has 20 heavy (non-hydrogen) atoms. The molecule has 1 aliphatic rings. The fourth-order valence-electron chi connectivity index (χ4n) is 2.27. The largest absolute Gasteiger partial charge is 0.395 e. The summed E-state index contributed by atoms with van der Waals surface area (Å²) in [5, 5.41) is 9.08. The van der Waals surface area contributed by atoms with Gasteiger partial charge in [0.25, 0.3) is 5.91 Å². The Bertz CT molecular complexity index is 576. The van der Waals surface area contributed by atoms with Crippen molar-refractivity contribution in [3.63, 3.8) is 0 Å². The third-order valence-corrected chi connectivity index (χ3v) is 4.78. The van der Waals surface area contributed by atoms with E-state index in [-0.39, 0.29) is 23.5 Å². The van der Waals surface area contributed by atoms with Gasteiger partial charge in [-0.05, 0) is 43.5 Å². The molecule has 0 bridgehead atoms. The topological polar surface area (TPSA) is 74.7 Å². The number of aliphatic hydroxyl groups is 1. The summed E-state index contributed by atoms with van der Waals surface area (Å²) in [5.41, 5.74) is 0.456. The van der Waals surface area contributed by atoms with Gasteiger partial charge in [-0.15, -0.1) is 0 Å². The van der Waals surface area contributed by atoms with E-state index in [0.717, 1.165) is 25.5 Å². The molecule has 5 nitrogen and oxygen atoms in total. The monoisotopic (exact) mass is 297 g/mol. The minimum absolute atomic E-state index is 0.0658. The molecule has 0 aromatic heterocycles. The molecule has 1 aromatic carbocycles. The minimum atomic E-state index is -3.25. The Morgan fingerprint density at radius 2 is 1.90 bits per heavy atom. The van der Waals surface area contributed by atoms with Gasteiger partial charge >= 0.3 is 0 Å². The average Bonchev–Trinajstić information content (AvgIpc) is 2.34. The van der Waals surface area contributed by atoms with Crippen molar-refractivity contribution in [2.24, 2.45) is 0 Å². The zero-order valence-electron chi connectivity index (χ0n) is 11.4. The van der Waals surface area contributed by atoms with E-state index in [2.05, 4.69) is 0 Å². The second-order valence-corrected chi connectivity index (χ2v) is 7.12. The van der Waals surface area contributed by atoms with Gasteiger partial charge < -0.3 is 10.0 Å². The Balaban J connectivity index is 2.18. The number of benzene rings is 1. The highest BCUT2D eigenvalue weighted by atomic mass is 32.2. The number of hydrogen-bond donors (Lipinski definition) is 1. The summed E-state index contributed by atoms with van der Waals surface area (Å²) in [7, 11) is -3.25. The van der Waals surface area contributed by atoms with Crippen LogP contribution in [-0.4, -0.2) is 49.8 Å². The standard InChI is InChI=1S/C14H19NO4S/c1-20(18,19)13-7-5-11(6-8-13)14(17)15(9-10-16)12-3-2-4-12/h5-8,12,16H,2-4,9-10H2,1H3. The molecule has 1 aromatic rings. The summed E-state index contributed by atoms with van der Waals surface area (Å²) >= 11 is 0. The first kappa shape index (κ1) is 15.0. The van der Waals surface area contributed by atoms with Gasteiger partial charge in [0.1, 0.15) is 0 Å². The van der Waals surface area contributed by atoms with Gasteiger partial charge in [-0.3, -0.25) is 4.79 Å². The van der Waals surface area contributed by atoms with Gasteiger partial charge in [-0.1, -0.05) is 0 Å². The van der Waals surface area contributed by atoms with E-state index < -0.39 is 9.84 Å². The predicted molar refractivity (Wildman–Crippen MR) is 75.3 cm³/mol. The number of sulfone groups is 1. The number of nitrogens with zero attached hydrogens (tertiary/aromatic N) is 1. The summed E-state index contributed by atoms with van der Waals surface area (Å²) in [6.45, 7) is 0.251. The van der Waals surface area contributed by atoms with Gasteiger partial charge in [0.15, 0.2) is 9.84 Å². The van der Waals surface area contributed by atoms with Crippen LogP contribution in [0.5, 0.6) is 0 Å². The predicted octanol–water partition coefficient (Wildman–Crippen LogP) is 1.08. The van der Waals surface area contributed by atoms with E-state index in [1.54, 1.807) is 4.90 Å². The second kappa shape index (κ2) is 5.93. The number of amides is 1. The average molecular weight is 297 g/mol. The summed E-state index contributed by atoms with van der Waals surface area (Å²) in [6, 6.07) is 6.15. The van der Waals surface area contributed by atoms with Crippen LogP contribution in [-0.2, 0) is 9.84 Å². The first-order valence-corrected chi connectivity index (χ1v) is 8.54. The highest BCUT2D eigenvalue weighted by Gasteiger charge is 2.28. The third-order valence-electron chi connectivity index (χ3n) is 3.65. The molecule has 1 amide bonds. The Hall–Kier alpha value is -1.40. The van der Waals surface area contributed by atoms with Crippen molar-refractivity contribution >= 4 is 15.7 Å². The van der Waals surface area contributed by atoms with Crippen LogP contribution in [0.25, 0.3) is 0 Å². The number of aliphatic hydroxyl groups excluding tert-OH is 1. The molecule has 1 fully saturated rings. The Labute approximate surface area is 119 Å². The Morgan fingerprint density at radius 3 is 2.30 bits per heavy atom. The van der Waals surface area contributed by atoms with Crippen LogP contribution < -0.4 is 0 Å². The van der Waals surface area contributed by atoms with Crippen molar-refractivity contribution in [3.05, 3.63) is 29.8 Å². The molecule has 6 heteroatoms. The lowest BCUT2D eigenvalue weighted by Gasteiger charge is -2.37. The summed E-state index contributed by atoms with van der Waals surface area (Å²) in [6.07, 6.45) is 4.17. The number of carbonyl (C=O) groups excluding carboxylic acids is 1. The van der Waals surface area contributed by atoms with E-state index >= 15 is 0 Å². The summed E-state index contributed by atoms with van der Waals surface area (Å²) < 4.78 is 22.8. The highest BCUT2D eigenvalue weighted by molar-refractivity contribution is 7.90. The summed E-state index contributed by atoms with van der Waals surface area (Å²) in [5.74, 6) is -0.149. The molecular weight excluding hydrogens is 278 g/mol. The van der Waals surface area contributed by atoms with Crippen LogP contribution in [0.4, 0.5) is 0 Å². The maximum atomic E-state index is 12.4. The maximum absolute atomic E-state index is 12.4. The van der Waals surface area contributed by atoms with Gasteiger partial charge in [0, 0.05) is 24.4 Å². The van der Waals surface area contributed by atoms with Gasteiger partial charge in [-0.25, -0.2) is 8.42 Å². The first-order chi connectivity index (χ1) is 9.43. The lowest BCUT2D eigenvalue weighted by atomic mass is 9.91. The summed E-state index contributed by atoms with van der Waals surface area (Å²) in [4.78, 5) is 14.3. The molecule has 0 unspecified atom stereocenters. The Morgan fingerprint density at radius 1 is 1.30 bits per heavy atom. The van der Waals surface area contributed by atoms with E-state index in [1.165, 1.54) is 24.3 Å². The highest BCUT2D eigenvalue weighted by Crippen LogP contribution is 2.26. The van der Waals surface area contributed by atoms with Crippen LogP contribution in [0.15, 0.2) is 29.2 Å². The number of hydrogen-bond acceptors (Lipinski definition) is 4. The quantitative estimate of drug-likeness (QED) is 0.882. The van der Waals surface area contributed by atoms with Gasteiger partial charge in [0.2, 0.25) is 0 Å². The zero-order chi connectivity index (χ0) is 14.8. The number of rotatable bonds is 5. The van der Waals surface area contributed by atoms with Crippen LogP contribution in [0, 0.1) is 0 Å². The molecule has 0 saturated heterocycles. The molecule has 1 N–H and O–H groups in total.